The Labute approximate surface area is 157 Å². The fourth-order valence-electron chi connectivity index (χ4n) is 2.30. The van der Waals surface area contributed by atoms with Crippen molar-refractivity contribution in [3.8, 4) is 0 Å². The number of hydrogen-bond acceptors (Lipinski definition) is 5. The van der Waals surface area contributed by atoms with Crippen molar-refractivity contribution in [1.82, 2.24) is 9.88 Å². The topological polar surface area (TPSA) is 86.6 Å². The molecule has 1 aromatic carbocycles. The second-order valence-corrected chi connectivity index (χ2v) is 6.97. The van der Waals surface area contributed by atoms with Crippen molar-refractivity contribution >= 4 is 12.1 Å². The molecule has 1 N–H and O–H groups in total. The standard InChI is InChI=1S/C20H24N2O5/c1-20(2,3)27-17(23)13-22-11-7-10-16(18(22)24)12-21-19(25)26-14-15-8-5-4-6-9-15/h4-11H,12-14H2,1-3H3,(H,21,25). The van der Waals surface area contributed by atoms with Gasteiger partial charge in [-0.15, -0.1) is 0 Å². The average molecular weight is 372 g/mol. The molecule has 1 aromatic heterocycles. The maximum absolute atomic E-state index is 12.4. The molecule has 2 rings (SSSR count). The third kappa shape index (κ3) is 6.97. The molecule has 0 unspecified atom stereocenters. The number of pyridine rings is 1. The summed E-state index contributed by atoms with van der Waals surface area (Å²) in [4.78, 5) is 36.1. The molecule has 27 heavy (non-hydrogen) atoms. The Morgan fingerprint density at radius 3 is 2.44 bits per heavy atom. The summed E-state index contributed by atoms with van der Waals surface area (Å²) in [5.41, 5.74) is 0.221. The molecule has 144 valence electrons. The highest BCUT2D eigenvalue weighted by Crippen LogP contribution is 2.07. The van der Waals surface area contributed by atoms with Crippen LogP contribution in [0.2, 0.25) is 0 Å². The van der Waals surface area contributed by atoms with E-state index in [4.69, 9.17) is 9.47 Å². The number of nitrogens with one attached hydrogen (secondary N) is 1. The third-order valence-corrected chi connectivity index (χ3v) is 3.45. The monoisotopic (exact) mass is 372 g/mol. The number of aromatic nitrogens is 1. The van der Waals surface area contributed by atoms with E-state index in [9.17, 15) is 14.4 Å². The molecule has 0 fully saturated rings. The molecule has 0 saturated carbocycles. The molecule has 1 heterocycles. The molecule has 7 heteroatoms. The predicted molar refractivity (Wildman–Crippen MR) is 100 cm³/mol. The van der Waals surface area contributed by atoms with Crippen molar-refractivity contribution in [1.29, 1.82) is 0 Å². The zero-order chi connectivity index (χ0) is 19.9. The summed E-state index contributed by atoms with van der Waals surface area (Å²) in [6.07, 6.45) is 0.879. The maximum atomic E-state index is 12.4. The molecule has 0 radical (unpaired) electrons. The Morgan fingerprint density at radius 2 is 1.78 bits per heavy atom. The number of hydrogen-bond donors (Lipinski definition) is 1. The smallest absolute Gasteiger partial charge is 0.407 e. The Kier molecular flexibility index (Phi) is 6.76. The fraction of sp³-hybridized carbons (Fsp3) is 0.350. The van der Waals surface area contributed by atoms with Gasteiger partial charge in [-0.1, -0.05) is 36.4 Å². The molecule has 0 atom stereocenters. The normalized spacial score (nSPS) is 10.9. The van der Waals surface area contributed by atoms with Gasteiger partial charge in [-0.3, -0.25) is 9.59 Å². The second-order valence-electron chi connectivity index (χ2n) is 6.97. The zero-order valence-electron chi connectivity index (χ0n) is 15.7. The summed E-state index contributed by atoms with van der Waals surface area (Å²) in [7, 11) is 0. The summed E-state index contributed by atoms with van der Waals surface area (Å²) in [6, 6.07) is 12.5. The number of ether oxygens (including phenoxy) is 2. The van der Waals surface area contributed by atoms with Crippen LogP contribution in [0, 0.1) is 0 Å². The highest BCUT2D eigenvalue weighted by molar-refractivity contribution is 5.69. The van der Waals surface area contributed by atoms with Crippen LogP contribution in [0.3, 0.4) is 0 Å². The first-order valence-corrected chi connectivity index (χ1v) is 8.59. The van der Waals surface area contributed by atoms with Crippen molar-refractivity contribution in [3.05, 3.63) is 70.1 Å². The Hall–Kier alpha value is -3.09. The molecule has 1 amide bonds. The van der Waals surface area contributed by atoms with Crippen LogP contribution in [0.1, 0.15) is 31.9 Å². The summed E-state index contributed by atoms with van der Waals surface area (Å²) >= 11 is 0. The number of carbonyl (C=O) groups excluding carboxylic acids is 2. The minimum absolute atomic E-state index is 0.00160. The van der Waals surface area contributed by atoms with E-state index in [-0.39, 0.29) is 25.3 Å². The number of alkyl carbamates (subject to hydrolysis) is 1. The van der Waals surface area contributed by atoms with E-state index < -0.39 is 17.7 Å². The Bertz CT molecular complexity index is 837. The van der Waals surface area contributed by atoms with Crippen LogP contribution in [0.4, 0.5) is 4.79 Å². The zero-order valence-corrected chi connectivity index (χ0v) is 15.7. The van der Waals surface area contributed by atoms with Gasteiger partial charge in [0.25, 0.3) is 5.56 Å². The van der Waals surface area contributed by atoms with Crippen LogP contribution in [0.5, 0.6) is 0 Å². The first-order valence-electron chi connectivity index (χ1n) is 8.59. The van der Waals surface area contributed by atoms with Crippen molar-refractivity contribution in [2.45, 2.75) is 46.1 Å². The van der Waals surface area contributed by atoms with Gasteiger partial charge in [0, 0.05) is 11.8 Å². The van der Waals surface area contributed by atoms with Gasteiger partial charge in [-0.25, -0.2) is 4.79 Å². The Morgan fingerprint density at radius 1 is 1.07 bits per heavy atom. The molecular formula is C20H24N2O5. The van der Waals surface area contributed by atoms with Crippen molar-refractivity contribution in [2.75, 3.05) is 0 Å². The number of nitrogens with zero attached hydrogens (tertiary/aromatic N) is 1. The van der Waals surface area contributed by atoms with Crippen LogP contribution in [-0.2, 0) is 34.0 Å². The van der Waals surface area contributed by atoms with Gasteiger partial charge < -0.3 is 19.4 Å². The summed E-state index contributed by atoms with van der Waals surface area (Å²) in [6.45, 7) is 5.23. The second kappa shape index (κ2) is 9.02. The van der Waals surface area contributed by atoms with E-state index in [1.54, 1.807) is 32.9 Å². The number of benzene rings is 1. The van der Waals surface area contributed by atoms with Crippen molar-refractivity contribution < 1.29 is 19.1 Å². The molecule has 0 aliphatic heterocycles. The van der Waals surface area contributed by atoms with Gasteiger partial charge >= 0.3 is 12.1 Å². The number of carbonyl (C=O) groups is 2. The minimum atomic E-state index is -0.624. The lowest BCUT2D eigenvalue weighted by molar-refractivity contribution is -0.155. The average Bonchev–Trinajstić information content (AvgIpc) is 2.60. The molecule has 0 aliphatic rings. The molecule has 0 bridgehead atoms. The Balaban J connectivity index is 1.90. The highest BCUT2D eigenvalue weighted by Gasteiger charge is 2.17. The molecule has 0 saturated heterocycles. The lowest BCUT2D eigenvalue weighted by atomic mass is 10.2. The summed E-state index contributed by atoms with van der Waals surface area (Å²) in [5, 5.41) is 2.54. The van der Waals surface area contributed by atoms with E-state index >= 15 is 0 Å². The lowest BCUT2D eigenvalue weighted by Crippen LogP contribution is -2.33. The fourth-order valence-corrected chi connectivity index (χ4v) is 2.30. The van der Waals surface area contributed by atoms with Crippen molar-refractivity contribution in [2.24, 2.45) is 0 Å². The van der Waals surface area contributed by atoms with Gasteiger partial charge in [-0.2, -0.15) is 0 Å². The molecule has 2 aromatic rings. The largest absolute Gasteiger partial charge is 0.459 e. The quantitative estimate of drug-likeness (QED) is 0.788. The lowest BCUT2D eigenvalue weighted by Gasteiger charge is -2.19. The van der Waals surface area contributed by atoms with E-state index in [2.05, 4.69) is 5.32 Å². The van der Waals surface area contributed by atoms with E-state index in [0.717, 1.165) is 5.56 Å². The van der Waals surface area contributed by atoms with Gasteiger partial charge in [0.2, 0.25) is 0 Å². The molecule has 0 spiro atoms. The molecule has 7 nitrogen and oxygen atoms in total. The van der Waals surface area contributed by atoms with E-state index in [1.165, 1.54) is 10.8 Å². The van der Waals surface area contributed by atoms with Crippen LogP contribution in [-0.4, -0.2) is 22.2 Å². The van der Waals surface area contributed by atoms with Gasteiger partial charge in [-0.05, 0) is 32.4 Å². The van der Waals surface area contributed by atoms with E-state index in [1.807, 2.05) is 30.3 Å². The van der Waals surface area contributed by atoms with Crippen LogP contribution in [0.25, 0.3) is 0 Å². The van der Waals surface area contributed by atoms with Crippen LogP contribution >= 0.6 is 0 Å². The maximum Gasteiger partial charge on any atom is 0.407 e. The van der Waals surface area contributed by atoms with Gasteiger partial charge in [0.05, 0.1) is 6.54 Å². The summed E-state index contributed by atoms with van der Waals surface area (Å²) < 4.78 is 11.6. The molecular weight excluding hydrogens is 348 g/mol. The number of rotatable bonds is 6. The highest BCUT2D eigenvalue weighted by atomic mass is 16.6. The van der Waals surface area contributed by atoms with E-state index in [0.29, 0.717) is 5.56 Å². The van der Waals surface area contributed by atoms with Gasteiger partial charge in [0.1, 0.15) is 18.8 Å². The first-order chi connectivity index (χ1) is 12.7. The predicted octanol–water partition coefficient (Wildman–Crippen LogP) is 2.62. The minimum Gasteiger partial charge on any atom is -0.459 e. The number of esters is 1. The van der Waals surface area contributed by atoms with Crippen molar-refractivity contribution in [3.63, 3.8) is 0 Å². The van der Waals surface area contributed by atoms with Crippen LogP contribution in [0.15, 0.2) is 53.5 Å². The third-order valence-electron chi connectivity index (χ3n) is 3.45. The van der Waals surface area contributed by atoms with Crippen LogP contribution < -0.4 is 10.9 Å². The number of amides is 1. The molecule has 0 aliphatic carbocycles. The SMILES string of the molecule is CC(C)(C)OC(=O)Cn1cccc(CNC(=O)OCc2ccccc2)c1=O. The summed E-state index contributed by atoms with van der Waals surface area (Å²) in [5.74, 6) is -0.503. The first kappa shape index (κ1) is 20.2. The van der Waals surface area contributed by atoms with Gasteiger partial charge in [0.15, 0.2) is 0 Å².